The van der Waals surface area contributed by atoms with Gasteiger partial charge in [0, 0.05) is 30.5 Å². The van der Waals surface area contributed by atoms with E-state index in [9.17, 15) is 0 Å². The molecule has 2 aliphatic rings. The summed E-state index contributed by atoms with van der Waals surface area (Å²) in [5.74, 6) is 0. The summed E-state index contributed by atoms with van der Waals surface area (Å²) in [7, 11) is 0. The van der Waals surface area contributed by atoms with Crippen molar-refractivity contribution in [1.29, 1.82) is 0 Å². The minimum Gasteiger partial charge on any atom is -0.333 e. The van der Waals surface area contributed by atoms with Crippen LogP contribution in [0.3, 0.4) is 0 Å². The van der Waals surface area contributed by atoms with E-state index >= 15 is 0 Å². The fourth-order valence-electron chi connectivity index (χ4n) is 2.84. The summed E-state index contributed by atoms with van der Waals surface area (Å²) in [5.41, 5.74) is 0. The van der Waals surface area contributed by atoms with Gasteiger partial charge in [0.15, 0.2) is 0 Å². The molecule has 1 N–H and O–H groups in total. The summed E-state index contributed by atoms with van der Waals surface area (Å²) in [6.07, 6.45) is 14.1. The molecule has 0 radical (unpaired) electrons. The largest absolute Gasteiger partial charge is 0.333 e. The summed E-state index contributed by atoms with van der Waals surface area (Å²) in [6, 6.07) is 2.14. The van der Waals surface area contributed by atoms with E-state index in [2.05, 4.69) is 21.1 Å². The van der Waals surface area contributed by atoms with Crippen molar-refractivity contribution in [2.75, 3.05) is 0 Å². The first-order chi connectivity index (χ1) is 7.43. The Bertz CT molecular complexity index is 303. The number of nitrogens with zero attached hydrogens (tertiary/aromatic N) is 2. The van der Waals surface area contributed by atoms with E-state index in [4.69, 9.17) is 0 Å². The average molecular weight is 205 g/mol. The van der Waals surface area contributed by atoms with Crippen molar-refractivity contribution in [2.45, 2.75) is 56.7 Å². The van der Waals surface area contributed by atoms with Gasteiger partial charge in [-0.2, -0.15) is 0 Å². The quantitative estimate of drug-likeness (QED) is 0.819. The Labute approximate surface area is 90.9 Å². The van der Waals surface area contributed by atoms with Crippen LogP contribution in [0.1, 0.15) is 44.6 Å². The monoisotopic (exact) mass is 205 g/mol. The lowest BCUT2D eigenvalue weighted by molar-refractivity contribution is 0.273. The molecule has 1 aromatic rings. The van der Waals surface area contributed by atoms with Gasteiger partial charge < -0.3 is 9.88 Å². The number of nitrogens with one attached hydrogen (secondary N) is 1. The molecule has 15 heavy (non-hydrogen) atoms. The highest BCUT2D eigenvalue weighted by atomic mass is 15.1. The van der Waals surface area contributed by atoms with Crippen LogP contribution >= 0.6 is 0 Å². The lowest BCUT2D eigenvalue weighted by Gasteiger charge is -2.32. The van der Waals surface area contributed by atoms with E-state index < -0.39 is 0 Å². The second-order valence-corrected chi connectivity index (χ2v) is 4.91. The van der Waals surface area contributed by atoms with Crippen LogP contribution < -0.4 is 5.32 Å². The molecule has 0 aromatic carbocycles. The van der Waals surface area contributed by atoms with Crippen LogP contribution in [0.2, 0.25) is 0 Å². The molecular formula is C12H19N3. The third-order valence-corrected chi connectivity index (χ3v) is 3.94. The van der Waals surface area contributed by atoms with Crippen molar-refractivity contribution in [2.24, 2.45) is 0 Å². The van der Waals surface area contributed by atoms with Gasteiger partial charge in [0.25, 0.3) is 0 Å². The molecule has 2 fully saturated rings. The lowest BCUT2D eigenvalue weighted by Crippen LogP contribution is -2.44. The van der Waals surface area contributed by atoms with E-state index in [1.54, 1.807) is 0 Å². The predicted molar refractivity (Wildman–Crippen MR) is 59.7 cm³/mol. The zero-order valence-electron chi connectivity index (χ0n) is 9.10. The van der Waals surface area contributed by atoms with Crippen molar-refractivity contribution in [3.63, 3.8) is 0 Å². The second kappa shape index (κ2) is 3.97. The molecule has 3 nitrogen and oxygen atoms in total. The summed E-state index contributed by atoms with van der Waals surface area (Å²) in [4.78, 5) is 4.15. The molecule has 0 saturated heterocycles. The molecule has 0 bridgehead atoms. The zero-order chi connectivity index (χ0) is 10.1. The Morgan fingerprint density at radius 1 is 1.13 bits per heavy atom. The van der Waals surface area contributed by atoms with Crippen LogP contribution in [0.4, 0.5) is 0 Å². The van der Waals surface area contributed by atoms with E-state index in [1.165, 1.54) is 38.5 Å². The number of hydrogen-bond acceptors (Lipinski definition) is 2. The van der Waals surface area contributed by atoms with Gasteiger partial charge in [-0.15, -0.1) is 0 Å². The van der Waals surface area contributed by atoms with Gasteiger partial charge in [-0.3, -0.25) is 0 Å². The van der Waals surface area contributed by atoms with Crippen molar-refractivity contribution in [3.8, 4) is 0 Å². The fraction of sp³-hybridized carbons (Fsp3) is 0.750. The summed E-state index contributed by atoms with van der Waals surface area (Å²) in [5, 5.41) is 3.81. The normalized spacial score (nSPS) is 31.7. The van der Waals surface area contributed by atoms with Crippen LogP contribution in [0.25, 0.3) is 0 Å². The van der Waals surface area contributed by atoms with Crippen LogP contribution in [-0.2, 0) is 0 Å². The van der Waals surface area contributed by atoms with E-state index in [-0.39, 0.29) is 0 Å². The molecule has 2 atom stereocenters. The topological polar surface area (TPSA) is 29.9 Å². The fourth-order valence-corrected chi connectivity index (χ4v) is 2.84. The number of aromatic nitrogens is 2. The maximum Gasteiger partial charge on any atom is 0.0949 e. The molecule has 2 aliphatic carbocycles. The Morgan fingerprint density at radius 3 is 2.67 bits per heavy atom. The minimum absolute atomic E-state index is 0.646. The third kappa shape index (κ3) is 1.81. The Balaban J connectivity index is 1.66. The zero-order valence-corrected chi connectivity index (χ0v) is 9.10. The van der Waals surface area contributed by atoms with Crippen molar-refractivity contribution < 1.29 is 0 Å². The molecule has 0 amide bonds. The second-order valence-electron chi connectivity index (χ2n) is 4.91. The van der Waals surface area contributed by atoms with Crippen molar-refractivity contribution in [3.05, 3.63) is 18.7 Å². The van der Waals surface area contributed by atoms with Crippen LogP contribution in [0.5, 0.6) is 0 Å². The smallest absolute Gasteiger partial charge is 0.0949 e. The van der Waals surface area contributed by atoms with Crippen LogP contribution in [0.15, 0.2) is 18.7 Å². The maximum absolute atomic E-state index is 4.15. The molecule has 3 rings (SSSR count). The predicted octanol–water partition coefficient (Wildman–Crippen LogP) is 2.12. The SMILES string of the molecule is c1cn(C2CCCC2NC2CCC2)cn1. The third-order valence-electron chi connectivity index (χ3n) is 3.94. The summed E-state index contributed by atoms with van der Waals surface area (Å²) in [6.45, 7) is 0. The molecule has 0 spiro atoms. The van der Waals surface area contributed by atoms with Gasteiger partial charge in [0.2, 0.25) is 0 Å². The molecule has 82 valence electrons. The Hall–Kier alpha value is -0.830. The molecular weight excluding hydrogens is 186 g/mol. The van der Waals surface area contributed by atoms with Gasteiger partial charge in [-0.05, 0) is 32.1 Å². The van der Waals surface area contributed by atoms with Gasteiger partial charge in [0.1, 0.15) is 0 Å². The highest BCUT2D eigenvalue weighted by molar-refractivity contribution is 4.94. The molecule has 3 heteroatoms. The van der Waals surface area contributed by atoms with E-state index in [1.807, 2.05) is 12.5 Å². The van der Waals surface area contributed by atoms with Crippen LogP contribution in [0, 0.1) is 0 Å². The highest BCUT2D eigenvalue weighted by Gasteiger charge is 2.31. The first kappa shape index (κ1) is 9.40. The van der Waals surface area contributed by atoms with Gasteiger partial charge in [-0.25, -0.2) is 4.98 Å². The van der Waals surface area contributed by atoms with Crippen molar-refractivity contribution >= 4 is 0 Å². The summed E-state index contributed by atoms with van der Waals surface area (Å²) >= 11 is 0. The highest BCUT2D eigenvalue weighted by Crippen LogP contribution is 2.32. The maximum atomic E-state index is 4.15. The number of rotatable bonds is 3. The Kier molecular flexibility index (Phi) is 2.49. The molecule has 1 heterocycles. The average Bonchev–Trinajstić information content (AvgIpc) is 2.81. The molecule has 1 aromatic heterocycles. The Morgan fingerprint density at radius 2 is 2.00 bits per heavy atom. The molecule has 0 aliphatic heterocycles. The summed E-state index contributed by atoms with van der Waals surface area (Å²) < 4.78 is 2.28. The standard InChI is InChI=1S/C12H19N3/c1-3-10(4-1)14-11-5-2-6-12(11)15-8-7-13-9-15/h7-12,14H,1-6H2. The first-order valence-corrected chi connectivity index (χ1v) is 6.17. The molecule has 2 saturated carbocycles. The van der Waals surface area contributed by atoms with Gasteiger partial charge in [0.05, 0.1) is 6.33 Å². The van der Waals surface area contributed by atoms with E-state index in [0.717, 1.165) is 6.04 Å². The van der Waals surface area contributed by atoms with Crippen molar-refractivity contribution in [1.82, 2.24) is 14.9 Å². The number of hydrogen-bond donors (Lipinski definition) is 1. The van der Waals surface area contributed by atoms with Crippen LogP contribution in [-0.4, -0.2) is 21.6 Å². The lowest BCUT2D eigenvalue weighted by atomic mass is 9.92. The first-order valence-electron chi connectivity index (χ1n) is 6.17. The van der Waals surface area contributed by atoms with Gasteiger partial charge >= 0.3 is 0 Å². The molecule has 2 unspecified atom stereocenters. The number of imidazole rings is 1. The van der Waals surface area contributed by atoms with Gasteiger partial charge in [-0.1, -0.05) is 6.42 Å². The van der Waals surface area contributed by atoms with E-state index in [0.29, 0.717) is 12.1 Å². The minimum atomic E-state index is 0.646.